The second kappa shape index (κ2) is 9.09. The SMILES string of the molecule is CCCCCCCCI=C1c2cc(Br)ccc2-c2ccc(Br)cc21. The largest absolute Gasteiger partial charge is 0.113 e. The highest BCUT2D eigenvalue weighted by Gasteiger charge is 2.23. The molecule has 1 aliphatic carbocycles. The Hall–Kier alpha value is -0.000000000000000111. The minimum absolute atomic E-state index is 0.0667. The van der Waals surface area contributed by atoms with E-state index in [0.717, 1.165) is 0 Å². The lowest BCUT2D eigenvalue weighted by molar-refractivity contribution is 0.628. The van der Waals surface area contributed by atoms with Crippen LogP contribution in [0.25, 0.3) is 11.1 Å². The van der Waals surface area contributed by atoms with Crippen LogP contribution in [0.5, 0.6) is 0 Å². The van der Waals surface area contributed by atoms with E-state index in [-0.39, 0.29) is 20.7 Å². The summed E-state index contributed by atoms with van der Waals surface area (Å²) >= 11 is 7.38. The Morgan fingerprint density at radius 1 is 0.708 bits per heavy atom. The number of hydrogen-bond donors (Lipinski definition) is 0. The van der Waals surface area contributed by atoms with Gasteiger partial charge in [-0.3, -0.25) is 0 Å². The van der Waals surface area contributed by atoms with Crippen LogP contribution < -0.4 is 0 Å². The molecule has 128 valence electrons. The summed E-state index contributed by atoms with van der Waals surface area (Å²) in [6.07, 6.45) is 8.36. The van der Waals surface area contributed by atoms with Crippen LogP contribution in [0, 0.1) is 0 Å². The normalized spacial score (nSPS) is 12.4. The maximum atomic E-state index is 3.66. The zero-order valence-electron chi connectivity index (χ0n) is 14.0. The van der Waals surface area contributed by atoms with Crippen LogP contribution in [-0.4, -0.2) is 7.94 Å². The van der Waals surface area contributed by atoms with Gasteiger partial charge in [-0.1, -0.05) is 83.0 Å². The van der Waals surface area contributed by atoms with Crippen molar-refractivity contribution in [1.82, 2.24) is 0 Å². The number of fused-ring (bicyclic) bond motifs is 3. The lowest BCUT2D eigenvalue weighted by atomic mass is 10.1. The van der Waals surface area contributed by atoms with Gasteiger partial charge in [0.25, 0.3) is 0 Å². The molecular formula is C21H23Br2I. The van der Waals surface area contributed by atoms with Crippen molar-refractivity contribution in [2.24, 2.45) is 0 Å². The standard InChI is InChI=1S/C21H23Br2I/c1-2-3-4-5-6-7-12-24-21-19-13-15(22)8-10-17(19)18-11-9-16(23)14-20(18)21/h8-11,13-14H,2-7,12H2,1H3. The zero-order chi connectivity index (χ0) is 16.9. The third-order valence-corrected chi connectivity index (χ3v) is 8.66. The van der Waals surface area contributed by atoms with Crippen molar-refractivity contribution in [3.8, 4) is 11.1 Å². The fourth-order valence-corrected chi connectivity index (χ4v) is 7.09. The zero-order valence-corrected chi connectivity index (χ0v) is 19.4. The minimum Gasteiger partial charge on any atom is -0.113 e. The summed E-state index contributed by atoms with van der Waals surface area (Å²) in [4.78, 5) is 0. The van der Waals surface area contributed by atoms with Gasteiger partial charge in [0.1, 0.15) is 0 Å². The van der Waals surface area contributed by atoms with Crippen molar-refractivity contribution in [3.63, 3.8) is 0 Å². The summed E-state index contributed by atoms with van der Waals surface area (Å²) in [6, 6.07) is 13.5. The molecular weight excluding hydrogens is 539 g/mol. The molecule has 0 aliphatic heterocycles. The highest BCUT2D eigenvalue weighted by atomic mass is 127. The molecule has 0 radical (unpaired) electrons. The van der Waals surface area contributed by atoms with E-state index in [1.807, 2.05) is 0 Å². The first-order valence-electron chi connectivity index (χ1n) is 8.77. The van der Waals surface area contributed by atoms with Crippen LogP contribution in [0.3, 0.4) is 0 Å². The highest BCUT2D eigenvalue weighted by molar-refractivity contribution is 14.2. The van der Waals surface area contributed by atoms with Crippen molar-refractivity contribution < 1.29 is 0 Å². The summed E-state index contributed by atoms with van der Waals surface area (Å²) < 4.78 is 5.41. The Morgan fingerprint density at radius 3 is 1.83 bits per heavy atom. The summed E-state index contributed by atoms with van der Waals surface area (Å²) in [5, 5.41) is 0. The quantitative estimate of drug-likeness (QED) is 0.155. The maximum absolute atomic E-state index is 3.66. The number of alkyl halides is 1. The topological polar surface area (TPSA) is 0 Å². The first kappa shape index (κ1) is 18.8. The average molecular weight is 562 g/mol. The number of benzene rings is 2. The van der Waals surface area contributed by atoms with Gasteiger partial charge in [0.2, 0.25) is 0 Å². The molecule has 0 bridgehead atoms. The second-order valence-electron chi connectivity index (χ2n) is 6.28. The van der Waals surface area contributed by atoms with Gasteiger partial charge < -0.3 is 0 Å². The third-order valence-electron chi connectivity index (χ3n) is 4.44. The van der Waals surface area contributed by atoms with Gasteiger partial charge >= 0.3 is 0 Å². The van der Waals surface area contributed by atoms with Gasteiger partial charge in [0, 0.05) is 12.5 Å². The Kier molecular flexibility index (Phi) is 7.11. The fourth-order valence-electron chi connectivity index (χ4n) is 3.19. The van der Waals surface area contributed by atoms with Crippen molar-refractivity contribution >= 4 is 56.1 Å². The minimum atomic E-state index is 0.0667. The van der Waals surface area contributed by atoms with Crippen LogP contribution in [0.2, 0.25) is 0 Å². The van der Waals surface area contributed by atoms with Crippen molar-refractivity contribution in [2.75, 3.05) is 4.43 Å². The van der Waals surface area contributed by atoms with E-state index in [9.17, 15) is 0 Å². The molecule has 0 saturated carbocycles. The Bertz CT molecular complexity index is 696. The van der Waals surface area contributed by atoms with Gasteiger partial charge in [-0.15, -0.1) is 20.7 Å². The molecule has 2 aromatic rings. The van der Waals surface area contributed by atoms with Crippen molar-refractivity contribution in [1.29, 1.82) is 0 Å². The molecule has 0 amide bonds. The molecule has 1 aliphatic rings. The molecule has 0 fully saturated rings. The molecule has 0 saturated heterocycles. The summed E-state index contributed by atoms with van der Waals surface area (Å²) in [5.41, 5.74) is 5.77. The molecule has 0 N–H and O–H groups in total. The monoisotopic (exact) mass is 560 g/mol. The molecule has 2 aromatic carbocycles. The number of hydrogen-bond acceptors (Lipinski definition) is 0. The van der Waals surface area contributed by atoms with E-state index in [4.69, 9.17) is 0 Å². The molecule has 0 unspecified atom stereocenters. The third kappa shape index (κ3) is 4.39. The number of rotatable bonds is 7. The van der Waals surface area contributed by atoms with Gasteiger partial charge in [-0.05, 0) is 57.4 Å². The van der Waals surface area contributed by atoms with E-state index in [2.05, 4.69) is 75.2 Å². The van der Waals surface area contributed by atoms with Gasteiger partial charge in [0.15, 0.2) is 0 Å². The molecule has 0 atom stereocenters. The van der Waals surface area contributed by atoms with E-state index in [1.165, 1.54) is 74.2 Å². The van der Waals surface area contributed by atoms with Gasteiger partial charge in [-0.2, -0.15) is 0 Å². The molecule has 0 heterocycles. The maximum Gasteiger partial charge on any atom is 0.0196 e. The van der Waals surface area contributed by atoms with Crippen LogP contribution in [-0.2, 0) is 0 Å². The van der Waals surface area contributed by atoms with Crippen LogP contribution in [0.15, 0.2) is 45.3 Å². The highest BCUT2D eigenvalue weighted by Crippen LogP contribution is 2.41. The fraction of sp³-hybridized carbons (Fsp3) is 0.381. The number of halogens is 3. The first-order chi connectivity index (χ1) is 11.7. The molecule has 0 spiro atoms. The van der Waals surface area contributed by atoms with E-state index >= 15 is 0 Å². The predicted molar refractivity (Wildman–Crippen MR) is 123 cm³/mol. The van der Waals surface area contributed by atoms with Crippen LogP contribution >= 0.6 is 52.6 Å². The smallest absolute Gasteiger partial charge is 0.0196 e. The van der Waals surface area contributed by atoms with Crippen LogP contribution in [0.1, 0.15) is 56.6 Å². The first-order valence-corrected chi connectivity index (χ1v) is 13.0. The Morgan fingerprint density at radius 2 is 1.25 bits per heavy atom. The summed E-state index contributed by atoms with van der Waals surface area (Å²) in [7, 11) is 0. The van der Waals surface area contributed by atoms with Crippen LogP contribution in [0.4, 0.5) is 0 Å². The van der Waals surface area contributed by atoms with Crippen molar-refractivity contribution in [2.45, 2.75) is 45.4 Å². The summed E-state index contributed by atoms with van der Waals surface area (Å²) in [5.74, 6) is 0. The lowest BCUT2D eigenvalue weighted by Gasteiger charge is -2.04. The average Bonchev–Trinajstić information content (AvgIpc) is 2.86. The van der Waals surface area contributed by atoms with E-state index < -0.39 is 0 Å². The number of unbranched alkanes of at least 4 members (excludes halogenated alkanes) is 5. The molecule has 3 rings (SSSR count). The summed E-state index contributed by atoms with van der Waals surface area (Å²) in [6.45, 7) is 2.29. The predicted octanol–water partition coefficient (Wildman–Crippen LogP) is 8.09. The Balaban J connectivity index is 1.78. The lowest BCUT2D eigenvalue weighted by Crippen LogP contribution is -1.95. The van der Waals surface area contributed by atoms with E-state index in [1.54, 1.807) is 3.51 Å². The molecule has 0 aromatic heterocycles. The molecule has 3 heteroatoms. The second-order valence-corrected chi connectivity index (χ2v) is 11.0. The molecule has 0 nitrogen and oxygen atoms in total. The Labute approximate surface area is 172 Å². The van der Waals surface area contributed by atoms with E-state index in [0.29, 0.717) is 0 Å². The van der Waals surface area contributed by atoms with Gasteiger partial charge in [0.05, 0.1) is 0 Å². The molecule has 24 heavy (non-hydrogen) atoms. The van der Waals surface area contributed by atoms with Gasteiger partial charge in [-0.25, -0.2) is 0 Å². The van der Waals surface area contributed by atoms with Crippen molar-refractivity contribution in [3.05, 3.63) is 56.5 Å².